The van der Waals surface area contributed by atoms with E-state index in [-0.39, 0.29) is 17.2 Å². The van der Waals surface area contributed by atoms with Crippen LogP contribution in [0.3, 0.4) is 0 Å². The predicted molar refractivity (Wildman–Crippen MR) is 64.1 cm³/mol. The average molecular weight is 241 g/mol. The molecule has 0 fully saturated rings. The van der Waals surface area contributed by atoms with E-state index in [2.05, 4.69) is 5.32 Å². The first kappa shape index (κ1) is 12.7. The molecule has 0 bridgehead atoms. The number of carbonyl (C=O) groups excluding carboxylic acids is 1. The van der Waals surface area contributed by atoms with E-state index < -0.39 is 10.8 Å². The molecule has 1 aromatic carbocycles. The molecular formula is C11H15NO3S. The summed E-state index contributed by atoms with van der Waals surface area (Å²) in [5, 5.41) is 12.1. The SMILES string of the molecule is Cc1ccc(C(=O)NCCS(C)=O)c(O)c1. The number of benzene rings is 1. The molecule has 0 aliphatic carbocycles. The first-order valence-electron chi connectivity index (χ1n) is 4.88. The lowest BCUT2D eigenvalue weighted by Crippen LogP contribution is -2.27. The highest BCUT2D eigenvalue weighted by atomic mass is 32.2. The minimum Gasteiger partial charge on any atom is -0.507 e. The van der Waals surface area contributed by atoms with Gasteiger partial charge in [-0.15, -0.1) is 0 Å². The Bertz CT molecular complexity index is 418. The molecule has 0 aromatic heterocycles. The minimum atomic E-state index is -0.925. The van der Waals surface area contributed by atoms with Gasteiger partial charge in [0.2, 0.25) is 0 Å². The Balaban J connectivity index is 2.63. The summed E-state index contributed by atoms with van der Waals surface area (Å²) in [6.45, 7) is 2.18. The number of aromatic hydroxyl groups is 1. The van der Waals surface area contributed by atoms with Crippen molar-refractivity contribution >= 4 is 16.7 Å². The van der Waals surface area contributed by atoms with Gasteiger partial charge < -0.3 is 10.4 Å². The third-order valence-corrected chi connectivity index (χ3v) is 2.85. The van der Waals surface area contributed by atoms with E-state index in [1.807, 2.05) is 6.92 Å². The molecule has 88 valence electrons. The van der Waals surface area contributed by atoms with Gasteiger partial charge in [-0.2, -0.15) is 0 Å². The highest BCUT2D eigenvalue weighted by Crippen LogP contribution is 2.17. The molecule has 4 nitrogen and oxygen atoms in total. The number of phenolic OH excluding ortho intramolecular Hbond substituents is 1. The van der Waals surface area contributed by atoms with E-state index in [0.717, 1.165) is 5.56 Å². The zero-order valence-corrected chi connectivity index (χ0v) is 10.1. The van der Waals surface area contributed by atoms with Crippen molar-refractivity contribution in [1.29, 1.82) is 0 Å². The van der Waals surface area contributed by atoms with Crippen LogP contribution in [0.25, 0.3) is 0 Å². The molecular weight excluding hydrogens is 226 g/mol. The van der Waals surface area contributed by atoms with Gasteiger partial charge in [0, 0.05) is 29.4 Å². The van der Waals surface area contributed by atoms with Crippen molar-refractivity contribution in [3.05, 3.63) is 29.3 Å². The monoisotopic (exact) mass is 241 g/mol. The van der Waals surface area contributed by atoms with Crippen LogP contribution in [0.4, 0.5) is 0 Å². The molecule has 1 unspecified atom stereocenters. The third kappa shape index (κ3) is 3.66. The normalized spacial score (nSPS) is 12.1. The molecule has 0 radical (unpaired) electrons. The van der Waals surface area contributed by atoms with Crippen molar-refractivity contribution < 1.29 is 14.1 Å². The maximum Gasteiger partial charge on any atom is 0.255 e. The fraction of sp³-hybridized carbons (Fsp3) is 0.364. The highest BCUT2D eigenvalue weighted by Gasteiger charge is 2.10. The average Bonchev–Trinajstić information content (AvgIpc) is 2.16. The summed E-state index contributed by atoms with van der Waals surface area (Å²) in [5.74, 6) is 0.0383. The van der Waals surface area contributed by atoms with E-state index in [1.54, 1.807) is 18.4 Å². The van der Waals surface area contributed by atoms with Crippen LogP contribution >= 0.6 is 0 Å². The van der Waals surface area contributed by atoms with E-state index in [1.165, 1.54) is 6.07 Å². The standard InChI is InChI=1S/C11H15NO3S/c1-8-3-4-9(10(13)7-8)11(14)12-5-6-16(2)15/h3-4,7,13H,5-6H2,1-2H3,(H,12,14). The predicted octanol–water partition coefficient (Wildman–Crippen LogP) is 0.809. The van der Waals surface area contributed by atoms with Crippen molar-refractivity contribution in [1.82, 2.24) is 5.32 Å². The number of aryl methyl sites for hydroxylation is 1. The van der Waals surface area contributed by atoms with Crippen LogP contribution in [0.1, 0.15) is 15.9 Å². The second kappa shape index (κ2) is 5.65. The van der Waals surface area contributed by atoms with E-state index in [4.69, 9.17) is 0 Å². The molecule has 0 spiro atoms. The summed E-state index contributed by atoms with van der Waals surface area (Å²) < 4.78 is 10.8. The lowest BCUT2D eigenvalue weighted by Gasteiger charge is -2.06. The number of hydrogen-bond acceptors (Lipinski definition) is 3. The molecule has 16 heavy (non-hydrogen) atoms. The quantitative estimate of drug-likeness (QED) is 0.819. The van der Waals surface area contributed by atoms with Crippen LogP contribution in [-0.2, 0) is 10.8 Å². The second-order valence-corrected chi connectivity index (χ2v) is 5.11. The van der Waals surface area contributed by atoms with E-state index in [9.17, 15) is 14.1 Å². The summed E-state index contributed by atoms with van der Waals surface area (Å²) in [4.78, 5) is 11.6. The molecule has 0 saturated heterocycles. The number of hydrogen-bond donors (Lipinski definition) is 2. The Kier molecular flexibility index (Phi) is 4.49. The van der Waals surface area contributed by atoms with Gasteiger partial charge in [-0.1, -0.05) is 6.07 Å². The van der Waals surface area contributed by atoms with Crippen molar-refractivity contribution in [2.75, 3.05) is 18.6 Å². The lowest BCUT2D eigenvalue weighted by molar-refractivity contribution is 0.0953. The maximum absolute atomic E-state index is 11.6. The molecule has 1 amide bonds. The van der Waals surface area contributed by atoms with Crippen LogP contribution in [-0.4, -0.2) is 33.8 Å². The fourth-order valence-corrected chi connectivity index (χ4v) is 1.63. The Hall–Kier alpha value is -1.36. The topological polar surface area (TPSA) is 66.4 Å². The van der Waals surface area contributed by atoms with E-state index in [0.29, 0.717) is 12.3 Å². The molecule has 1 rings (SSSR count). The molecule has 0 aliphatic heterocycles. The largest absolute Gasteiger partial charge is 0.507 e. The third-order valence-electron chi connectivity index (χ3n) is 2.07. The number of phenols is 1. The molecule has 0 aliphatic rings. The summed E-state index contributed by atoms with van der Waals surface area (Å²) in [6.07, 6.45) is 1.58. The van der Waals surface area contributed by atoms with Gasteiger partial charge in [-0.25, -0.2) is 0 Å². The summed E-state index contributed by atoms with van der Waals surface area (Å²) >= 11 is 0. The lowest BCUT2D eigenvalue weighted by atomic mass is 10.1. The fourth-order valence-electron chi connectivity index (χ4n) is 1.24. The van der Waals surface area contributed by atoms with Crippen molar-refractivity contribution in [3.63, 3.8) is 0 Å². The molecule has 0 heterocycles. The van der Waals surface area contributed by atoms with Crippen molar-refractivity contribution in [2.45, 2.75) is 6.92 Å². The van der Waals surface area contributed by atoms with Gasteiger partial charge in [-0.3, -0.25) is 9.00 Å². The Morgan fingerprint density at radius 2 is 2.19 bits per heavy atom. The van der Waals surface area contributed by atoms with Gasteiger partial charge in [0.05, 0.1) is 5.56 Å². The van der Waals surface area contributed by atoms with Crippen LogP contribution in [0.5, 0.6) is 5.75 Å². The summed E-state index contributed by atoms with van der Waals surface area (Å²) in [6, 6.07) is 4.86. The minimum absolute atomic E-state index is 0.0323. The first-order chi connectivity index (χ1) is 7.50. The molecule has 1 aromatic rings. The van der Waals surface area contributed by atoms with E-state index >= 15 is 0 Å². The van der Waals surface area contributed by atoms with Crippen LogP contribution < -0.4 is 5.32 Å². The molecule has 5 heteroatoms. The zero-order chi connectivity index (χ0) is 12.1. The maximum atomic E-state index is 11.6. The zero-order valence-electron chi connectivity index (χ0n) is 9.32. The first-order valence-corrected chi connectivity index (χ1v) is 6.61. The molecule has 2 N–H and O–H groups in total. The highest BCUT2D eigenvalue weighted by molar-refractivity contribution is 7.84. The van der Waals surface area contributed by atoms with Gasteiger partial charge >= 0.3 is 0 Å². The van der Waals surface area contributed by atoms with Gasteiger partial charge in [0.25, 0.3) is 5.91 Å². The van der Waals surface area contributed by atoms with Gasteiger partial charge in [0.1, 0.15) is 5.75 Å². The van der Waals surface area contributed by atoms with Crippen LogP contribution in [0.2, 0.25) is 0 Å². The smallest absolute Gasteiger partial charge is 0.255 e. The van der Waals surface area contributed by atoms with Gasteiger partial charge in [0.15, 0.2) is 0 Å². The van der Waals surface area contributed by atoms with Crippen LogP contribution in [0.15, 0.2) is 18.2 Å². The van der Waals surface area contributed by atoms with Crippen molar-refractivity contribution in [2.24, 2.45) is 0 Å². The molecule has 1 atom stereocenters. The Morgan fingerprint density at radius 1 is 1.50 bits per heavy atom. The number of carbonyl (C=O) groups is 1. The Labute approximate surface area is 97.1 Å². The number of nitrogens with one attached hydrogen (secondary N) is 1. The second-order valence-electron chi connectivity index (χ2n) is 3.55. The van der Waals surface area contributed by atoms with Crippen molar-refractivity contribution in [3.8, 4) is 5.75 Å². The summed E-state index contributed by atoms with van der Waals surface area (Å²) in [7, 11) is -0.925. The number of amides is 1. The molecule has 0 saturated carbocycles. The Morgan fingerprint density at radius 3 is 2.75 bits per heavy atom. The summed E-state index contributed by atoms with van der Waals surface area (Å²) in [5.41, 5.74) is 1.14. The number of rotatable bonds is 4. The van der Waals surface area contributed by atoms with Gasteiger partial charge in [-0.05, 0) is 24.6 Å². The van der Waals surface area contributed by atoms with Crippen LogP contribution in [0, 0.1) is 6.92 Å².